The molecule has 0 fully saturated rings. The second kappa shape index (κ2) is 4.78. The molecule has 2 aromatic rings. The van der Waals surface area contributed by atoms with E-state index in [-0.39, 0.29) is 6.42 Å². The number of aryl methyl sites for hydroxylation is 1. The molecule has 5 nitrogen and oxygen atoms in total. The first-order valence-corrected chi connectivity index (χ1v) is 5.20. The predicted octanol–water partition coefficient (Wildman–Crippen LogP) is 1.66. The van der Waals surface area contributed by atoms with Crippen molar-refractivity contribution in [1.82, 2.24) is 9.97 Å². The summed E-state index contributed by atoms with van der Waals surface area (Å²) < 4.78 is 5.20. The number of carboxylic acids is 1. The van der Waals surface area contributed by atoms with E-state index in [1.165, 1.54) is 6.33 Å². The van der Waals surface area contributed by atoms with Gasteiger partial charge >= 0.3 is 5.97 Å². The number of hydrogen-bond donors (Lipinski definition) is 1. The fourth-order valence-electron chi connectivity index (χ4n) is 1.70. The van der Waals surface area contributed by atoms with Crippen molar-refractivity contribution in [3.05, 3.63) is 30.2 Å². The molecular formula is C12H12N2O3. The highest BCUT2D eigenvalue weighted by Gasteiger charge is 2.08. The standard InChI is InChI=1S/C12H12N2O3/c1-17-10-4-2-3-8-9(5-6-11(15)16)13-7-14-12(8)10/h2-4,7H,5-6H2,1H3,(H,15,16). The lowest BCUT2D eigenvalue weighted by molar-refractivity contribution is -0.136. The van der Waals surface area contributed by atoms with Crippen molar-refractivity contribution in [2.24, 2.45) is 0 Å². The molecule has 17 heavy (non-hydrogen) atoms. The average molecular weight is 232 g/mol. The molecule has 0 spiro atoms. The first kappa shape index (κ1) is 11.3. The Bertz CT molecular complexity index is 554. The third kappa shape index (κ3) is 2.33. The van der Waals surface area contributed by atoms with Gasteiger partial charge in [0.2, 0.25) is 0 Å². The van der Waals surface area contributed by atoms with Gasteiger partial charge in [-0.2, -0.15) is 0 Å². The molecule has 1 heterocycles. The number of carbonyl (C=O) groups is 1. The van der Waals surface area contributed by atoms with Crippen LogP contribution in [0.4, 0.5) is 0 Å². The number of aliphatic carboxylic acids is 1. The summed E-state index contributed by atoms with van der Waals surface area (Å²) in [5.41, 5.74) is 1.45. The van der Waals surface area contributed by atoms with Gasteiger partial charge in [-0.05, 0) is 6.07 Å². The van der Waals surface area contributed by atoms with Crippen molar-refractivity contribution in [1.29, 1.82) is 0 Å². The highest BCUT2D eigenvalue weighted by atomic mass is 16.5. The summed E-state index contributed by atoms with van der Waals surface area (Å²) in [6.07, 6.45) is 1.88. The third-order valence-electron chi connectivity index (χ3n) is 2.51. The van der Waals surface area contributed by atoms with Crippen LogP contribution in [0, 0.1) is 0 Å². The van der Waals surface area contributed by atoms with Gasteiger partial charge in [0, 0.05) is 11.8 Å². The zero-order chi connectivity index (χ0) is 12.3. The molecule has 0 radical (unpaired) electrons. The molecule has 0 saturated heterocycles. The van der Waals surface area contributed by atoms with E-state index in [0.29, 0.717) is 17.7 Å². The number of ether oxygens (including phenoxy) is 1. The van der Waals surface area contributed by atoms with Gasteiger partial charge in [0.25, 0.3) is 0 Å². The predicted molar refractivity (Wildman–Crippen MR) is 62.0 cm³/mol. The van der Waals surface area contributed by atoms with E-state index < -0.39 is 5.97 Å². The van der Waals surface area contributed by atoms with Gasteiger partial charge in [0.05, 0.1) is 19.2 Å². The van der Waals surface area contributed by atoms with Crippen LogP contribution >= 0.6 is 0 Å². The summed E-state index contributed by atoms with van der Waals surface area (Å²) in [6.45, 7) is 0. The van der Waals surface area contributed by atoms with Crippen molar-refractivity contribution in [3.8, 4) is 5.75 Å². The maximum atomic E-state index is 10.6. The minimum atomic E-state index is -0.834. The molecular weight excluding hydrogens is 220 g/mol. The highest BCUT2D eigenvalue weighted by molar-refractivity contribution is 5.86. The second-order valence-corrected chi connectivity index (χ2v) is 3.57. The maximum Gasteiger partial charge on any atom is 0.303 e. The second-order valence-electron chi connectivity index (χ2n) is 3.57. The number of methoxy groups -OCH3 is 1. The van der Waals surface area contributed by atoms with Crippen LogP contribution in [0.25, 0.3) is 10.9 Å². The SMILES string of the molecule is COc1cccc2c(CCC(=O)O)ncnc12. The number of hydrogen-bond acceptors (Lipinski definition) is 4. The Kier molecular flexibility index (Phi) is 3.18. The van der Waals surface area contributed by atoms with Gasteiger partial charge in [0.15, 0.2) is 0 Å². The van der Waals surface area contributed by atoms with E-state index in [1.807, 2.05) is 18.2 Å². The molecule has 0 aliphatic rings. The lowest BCUT2D eigenvalue weighted by atomic mass is 10.1. The minimum absolute atomic E-state index is 0.0589. The Labute approximate surface area is 98.1 Å². The van der Waals surface area contributed by atoms with Crippen molar-refractivity contribution < 1.29 is 14.6 Å². The zero-order valence-corrected chi connectivity index (χ0v) is 9.38. The molecule has 0 aliphatic heterocycles. The van der Waals surface area contributed by atoms with Gasteiger partial charge in [-0.25, -0.2) is 9.97 Å². The average Bonchev–Trinajstić information content (AvgIpc) is 2.35. The van der Waals surface area contributed by atoms with Gasteiger partial charge in [-0.3, -0.25) is 4.79 Å². The fraction of sp³-hybridized carbons (Fsp3) is 0.250. The Hall–Kier alpha value is -2.17. The molecule has 1 aromatic carbocycles. The lowest BCUT2D eigenvalue weighted by Crippen LogP contribution is -2.01. The Morgan fingerprint density at radius 1 is 1.41 bits per heavy atom. The summed E-state index contributed by atoms with van der Waals surface area (Å²) in [4.78, 5) is 18.8. The summed E-state index contributed by atoms with van der Waals surface area (Å²) in [7, 11) is 1.58. The van der Waals surface area contributed by atoms with Crippen LogP contribution in [-0.2, 0) is 11.2 Å². The van der Waals surface area contributed by atoms with Crippen LogP contribution in [0.5, 0.6) is 5.75 Å². The first-order chi connectivity index (χ1) is 8.22. The summed E-state index contributed by atoms with van der Waals surface area (Å²) >= 11 is 0. The van der Waals surface area contributed by atoms with Crippen LogP contribution in [0.1, 0.15) is 12.1 Å². The van der Waals surface area contributed by atoms with Crippen LogP contribution in [0.15, 0.2) is 24.5 Å². The maximum absolute atomic E-state index is 10.6. The molecule has 5 heteroatoms. The molecule has 1 N–H and O–H groups in total. The number of carboxylic acid groups (broad SMARTS) is 1. The monoisotopic (exact) mass is 232 g/mol. The number of fused-ring (bicyclic) bond motifs is 1. The normalized spacial score (nSPS) is 10.4. The van der Waals surface area contributed by atoms with E-state index in [0.717, 1.165) is 11.1 Å². The Balaban J connectivity index is 2.46. The van der Waals surface area contributed by atoms with Crippen molar-refractivity contribution in [2.75, 3.05) is 7.11 Å². The number of para-hydroxylation sites is 1. The smallest absolute Gasteiger partial charge is 0.303 e. The molecule has 0 unspecified atom stereocenters. The summed E-state index contributed by atoms with van der Waals surface area (Å²) in [5, 5.41) is 9.52. The molecule has 2 rings (SSSR count). The van der Waals surface area contributed by atoms with Gasteiger partial charge in [-0.15, -0.1) is 0 Å². The Morgan fingerprint density at radius 2 is 2.24 bits per heavy atom. The summed E-state index contributed by atoms with van der Waals surface area (Å²) in [5.74, 6) is -0.166. The van der Waals surface area contributed by atoms with Gasteiger partial charge in [0.1, 0.15) is 17.6 Å². The van der Waals surface area contributed by atoms with Crippen LogP contribution in [0.2, 0.25) is 0 Å². The van der Waals surface area contributed by atoms with Crippen molar-refractivity contribution in [3.63, 3.8) is 0 Å². The number of benzene rings is 1. The Morgan fingerprint density at radius 3 is 2.94 bits per heavy atom. The van der Waals surface area contributed by atoms with E-state index in [1.54, 1.807) is 7.11 Å². The van der Waals surface area contributed by atoms with Gasteiger partial charge in [-0.1, -0.05) is 12.1 Å². The quantitative estimate of drug-likeness (QED) is 0.867. The third-order valence-corrected chi connectivity index (χ3v) is 2.51. The molecule has 0 bridgehead atoms. The highest BCUT2D eigenvalue weighted by Crippen LogP contribution is 2.24. The number of rotatable bonds is 4. The van der Waals surface area contributed by atoms with Crippen molar-refractivity contribution in [2.45, 2.75) is 12.8 Å². The molecule has 0 amide bonds. The fourth-order valence-corrected chi connectivity index (χ4v) is 1.70. The van der Waals surface area contributed by atoms with Crippen molar-refractivity contribution >= 4 is 16.9 Å². The largest absolute Gasteiger partial charge is 0.494 e. The number of aromatic nitrogens is 2. The molecule has 1 aromatic heterocycles. The number of nitrogens with zero attached hydrogens (tertiary/aromatic N) is 2. The van der Waals surface area contributed by atoms with E-state index in [4.69, 9.17) is 9.84 Å². The lowest BCUT2D eigenvalue weighted by Gasteiger charge is -2.06. The van der Waals surface area contributed by atoms with Gasteiger partial charge < -0.3 is 9.84 Å². The van der Waals surface area contributed by atoms with Crippen LogP contribution < -0.4 is 4.74 Å². The van der Waals surface area contributed by atoms with Crippen LogP contribution in [0.3, 0.4) is 0 Å². The molecule has 88 valence electrons. The molecule has 0 saturated carbocycles. The van der Waals surface area contributed by atoms with E-state index in [9.17, 15) is 4.79 Å². The molecule has 0 atom stereocenters. The minimum Gasteiger partial charge on any atom is -0.494 e. The van der Waals surface area contributed by atoms with E-state index >= 15 is 0 Å². The summed E-state index contributed by atoms with van der Waals surface area (Å²) in [6, 6.07) is 5.53. The van der Waals surface area contributed by atoms with Crippen LogP contribution in [-0.4, -0.2) is 28.2 Å². The van der Waals surface area contributed by atoms with E-state index in [2.05, 4.69) is 9.97 Å². The zero-order valence-electron chi connectivity index (χ0n) is 9.38. The first-order valence-electron chi connectivity index (χ1n) is 5.20. The topological polar surface area (TPSA) is 72.3 Å². The molecule has 0 aliphatic carbocycles.